The summed E-state index contributed by atoms with van der Waals surface area (Å²) in [4.78, 5) is 0. The van der Waals surface area contributed by atoms with Crippen molar-refractivity contribution in [3.8, 4) is 0 Å². The van der Waals surface area contributed by atoms with Crippen molar-refractivity contribution in [1.82, 2.24) is 0 Å². The summed E-state index contributed by atoms with van der Waals surface area (Å²) in [5.41, 5.74) is 2.49. The Kier molecular flexibility index (Phi) is 3.28. The van der Waals surface area contributed by atoms with Gasteiger partial charge in [0.05, 0.1) is 0 Å². The predicted octanol–water partition coefficient (Wildman–Crippen LogP) is -0.474. The molecule has 68 valence electrons. The summed E-state index contributed by atoms with van der Waals surface area (Å²) in [5.74, 6) is 0. The highest BCUT2D eigenvalue weighted by Gasteiger charge is 1.93. The van der Waals surface area contributed by atoms with Gasteiger partial charge in [0.25, 0.3) is 0 Å². The number of hydrogen-bond acceptors (Lipinski definition) is 2. The Bertz CT molecular complexity index is 301. The van der Waals surface area contributed by atoms with Crippen LogP contribution in [-0.2, 0) is 0 Å². The van der Waals surface area contributed by atoms with E-state index in [4.69, 9.17) is 0 Å². The van der Waals surface area contributed by atoms with E-state index in [1.807, 2.05) is 19.9 Å². The second-order valence-corrected chi connectivity index (χ2v) is 2.93. The Labute approximate surface area is 78.7 Å². The molecule has 0 heterocycles. The molecule has 0 bridgehead atoms. The molecular formula is C10H11BO2-2. The van der Waals surface area contributed by atoms with Gasteiger partial charge in [-0.25, -0.2) is 0 Å². The number of hydrogen-bond donors (Lipinski definition) is 0. The zero-order valence-corrected chi connectivity index (χ0v) is 7.78. The van der Waals surface area contributed by atoms with Gasteiger partial charge < -0.3 is 10.0 Å². The summed E-state index contributed by atoms with van der Waals surface area (Å²) in [7, 11) is -1.88. The average Bonchev–Trinajstić information content (AvgIpc) is 2.17. The van der Waals surface area contributed by atoms with Crippen LogP contribution >= 0.6 is 0 Å². The molecule has 2 nitrogen and oxygen atoms in total. The quantitative estimate of drug-likeness (QED) is 0.568. The Morgan fingerprint density at radius 2 is 1.77 bits per heavy atom. The van der Waals surface area contributed by atoms with Crippen molar-refractivity contribution in [3.63, 3.8) is 0 Å². The lowest BCUT2D eigenvalue weighted by molar-refractivity contribution is -0.341. The van der Waals surface area contributed by atoms with Crippen LogP contribution in [0.1, 0.15) is 19.4 Å². The van der Waals surface area contributed by atoms with Gasteiger partial charge in [0.1, 0.15) is 0 Å². The molecule has 0 saturated carbocycles. The third-order valence-corrected chi connectivity index (χ3v) is 2.07. The van der Waals surface area contributed by atoms with Gasteiger partial charge in [-0.15, -0.1) is 5.46 Å². The molecule has 0 unspecified atom stereocenters. The summed E-state index contributed by atoms with van der Waals surface area (Å²) in [6.07, 6.45) is 1.99. The van der Waals surface area contributed by atoms with Gasteiger partial charge in [-0.2, -0.15) is 0 Å². The van der Waals surface area contributed by atoms with Crippen molar-refractivity contribution in [1.29, 1.82) is 0 Å². The van der Waals surface area contributed by atoms with Gasteiger partial charge in [0.15, 0.2) is 0 Å². The maximum absolute atomic E-state index is 10.5. The molecular weight excluding hydrogens is 163 g/mol. The summed E-state index contributed by atoms with van der Waals surface area (Å²) >= 11 is 0. The van der Waals surface area contributed by atoms with Crippen LogP contribution in [0, 0.1) is 0 Å². The monoisotopic (exact) mass is 174 g/mol. The molecule has 0 aliphatic carbocycles. The largest absolute Gasteiger partial charge is 0.889 e. The maximum atomic E-state index is 10.5. The third-order valence-electron chi connectivity index (χ3n) is 2.07. The first kappa shape index (κ1) is 10.0. The van der Waals surface area contributed by atoms with Gasteiger partial charge in [0.2, 0.25) is 0 Å². The smallest absolute Gasteiger partial charge is 0.0231 e. The first-order valence-corrected chi connectivity index (χ1v) is 4.20. The van der Waals surface area contributed by atoms with E-state index in [-0.39, 0.29) is 0 Å². The summed E-state index contributed by atoms with van der Waals surface area (Å²) in [5, 5.41) is 21.0. The van der Waals surface area contributed by atoms with Crippen molar-refractivity contribution < 1.29 is 10.0 Å². The first-order valence-electron chi connectivity index (χ1n) is 4.20. The zero-order valence-electron chi connectivity index (χ0n) is 7.78. The topological polar surface area (TPSA) is 46.1 Å². The molecule has 0 saturated heterocycles. The van der Waals surface area contributed by atoms with Crippen molar-refractivity contribution in [2.75, 3.05) is 0 Å². The van der Waals surface area contributed by atoms with E-state index in [9.17, 15) is 10.0 Å². The van der Waals surface area contributed by atoms with Gasteiger partial charge in [-0.05, 0) is 25.0 Å². The molecule has 0 aliphatic rings. The summed E-state index contributed by atoms with van der Waals surface area (Å²) in [6, 6.07) is 6.78. The fourth-order valence-corrected chi connectivity index (χ4v) is 1.07. The van der Waals surface area contributed by atoms with Crippen LogP contribution in [0.15, 0.2) is 30.3 Å². The van der Waals surface area contributed by atoms with E-state index in [0.29, 0.717) is 5.46 Å². The maximum Gasteiger partial charge on any atom is -0.0231 e. The van der Waals surface area contributed by atoms with Crippen LogP contribution in [0.2, 0.25) is 0 Å². The Hall–Kier alpha value is -1.06. The molecule has 0 N–H and O–H groups in total. The molecule has 0 atom stereocenters. The Balaban J connectivity index is 2.94. The van der Waals surface area contributed by atoms with E-state index < -0.39 is 7.12 Å². The van der Waals surface area contributed by atoms with Gasteiger partial charge in [-0.3, -0.25) is 0 Å². The number of benzene rings is 1. The molecule has 3 heteroatoms. The second kappa shape index (κ2) is 4.26. The second-order valence-electron chi connectivity index (χ2n) is 2.93. The van der Waals surface area contributed by atoms with Crippen molar-refractivity contribution in [2.45, 2.75) is 13.8 Å². The minimum Gasteiger partial charge on any atom is -0.889 e. The van der Waals surface area contributed by atoms with Crippen molar-refractivity contribution >= 4 is 18.2 Å². The van der Waals surface area contributed by atoms with E-state index in [0.717, 1.165) is 11.1 Å². The molecule has 0 radical (unpaired) electrons. The third kappa shape index (κ3) is 2.44. The fourth-order valence-electron chi connectivity index (χ4n) is 1.07. The van der Waals surface area contributed by atoms with Gasteiger partial charge in [-0.1, -0.05) is 37.5 Å². The highest BCUT2D eigenvalue weighted by molar-refractivity contribution is 6.55. The average molecular weight is 174 g/mol. The molecule has 0 spiro atoms. The van der Waals surface area contributed by atoms with Crippen LogP contribution in [0.25, 0.3) is 5.57 Å². The predicted molar refractivity (Wildman–Crippen MR) is 51.2 cm³/mol. The first-order chi connectivity index (χ1) is 6.15. The highest BCUT2D eigenvalue weighted by Crippen LogP contribution is 2.10. The summed E-state index contributed by atoms with van der Waals surface area (Å²) < 4.78 is 0. The minimum atomic E-state index is -1.88. The summed E-state index contributed by atoms with van der Waals surface area (Å²) in [6.45, 7) is 3.94. The number of allylic oxidation sites excluding steroid dienone is 2. The Morgan fingerprint density at radius 1 is 1.23 bits per heavy atom. The minimum absolute atomic E-state index is 0.299. The van der Waals surface area contributed by atoms with Gasteiger partial charge in [0, 0.05) is 0 Å². The standard InChI is InChI=1S/C10H11BO2/c1-3-8(2)9-4-6-10(7-5-9)11(12)13/h3-7H,1-2H3/q-2/b8-3+. The van der Waals surface area contributed by atoms with Gasteiger partial charge >= 0.3 is 0 Å². The van der Waals surface area contributed by atoms with E-state index in [1.165, 1.54) is 0 Å². The van der Waals surface area contributed by atoms with Crippen molar-refractivity contribution in [3.05, 3.63) is 35.9 Å². The van der Waals surface area contributed by atoms with Crippen LogP contribution in [0.3, 0.4) is 0 Å². The molecule has 0 aliphatic heterocycles. The fraction of sp³-hybridized carbons (Fsp3) is 0.200. The molecule has 13 heavy (non-hydrogen) atoms. The lowest BCUT2D eigenvalue weighted by atomic mass is 9.80. The van der Waals surface area contributed by atoms with Crippen LogP contribution in [0.4, 0.5) is 0 Å². The normalized spacial score (nSPS) is 11.5. The van der Waals surface area contributed by atoms with E-state index in [2.05, 4.69) is 0 Å². The van der Waals surface area contributed by atoms with Crippen LogP contribution in [-0.4, -0.2) is 7.12 Å². The van der Waals surface area contributed by atoms with Crippen molar-refractivity contribution in [2.24, 2.45) is 0 Å². The molecule has 1 aromatic rings. The molecule has 0 fully saturated rings. The number of rotatable bonds is 2. The molecule has 0 aromatic heterocycles. The highest BCUT2D eigenvalue weighted by atomic mass is 16.4. The lowest BCUT2D eigenvalue weighted by Crippen LogP contribution is -2.55. The van der Waals surface area contributed by atoms with E-state index >= 15 is 0 Å². The van der Waals surface area contributed by atoms with Crippen LogP contribution in [0.5, 0.6) is 0 Å². The molecule has 1 rings (SSSR count). The molecule has 1 aromatic carbocycles. The zero-order chi connectivity index (χ0) is 9.84. The SMILES string of the molecule is C/C=C(\C)c1ccc(B([O-])[O-])cc1. The lowest BCUT2D eigenvalue weighted by Gasteiger charge is -2.26. The molecule has 0 amide bonds. The Morgan fingerprint density at radius 3 is 2.15 bits per heavy atom. The van der Waals surface area contributed by atoms with Crippen LogP contribution < -0.4 is 15.5 Å². The van der Waals surface area contributed by atoms with E-state index in [1.54, 1.807) is 24.3 Å².